The largest absolute Gasteiger partial charge is 0.480 e. The van der Waals surface area contributed by atoms with Gasteiger partial charge in [-0.25, -0.2) is 4.98 Å². The van der Waals surface area contributed by atoms with E-state index >= 15 is 0 Å². The maximum Gasteiger partial charge on any atom is 0.316 e. The van der Waals surface area contributed by atoms with Gasteiger partial charge in [0.15, 0.2) is 5.13 Å². The Labute approximate surface area is 101 Å². The lowest BCUT2D eigenvalue weighted by molar-refractivity contribution is -0.136. The molecular formula is C9H12N2O3S2. The molecule has 0 saturated carbocycles. The second-order valence-corrected chi connectivity index (χ2v) is 5.32. The molecule has 0 fully saturated rings. The Morgan fingerprint density at radius 3 is 2.88 bits per heavy atom. The Hall–Kier alpha value is -1.08. The number of hydrogen-bond donors (Lipinski definition) is 2. The summed E-state index contributed by atoms with van der Waals surface area (Å²) >= 11 is 2.43. The number of carbonyl (C=O) groups excluding carboxylic acids is 1. The number of rotatable bonds is 5. The highest BCUT2D eigenvalue weighted by molar-refractivity contribution is 8.01. The van der Waals surface area contributed by atoms with Gasteiger partial charge in [0.2, 0.25) is 5.91 Å². The van der Waals surface area contributed by atoms with Crippen molar-refractivity contribution in [2.45, 2.75) is 19.1 Å². The Balaban J connectivity index is 2.34. The van der Waals surface area contributed by atoms with E-state index in [2.05, 4.69) is 10.3 Å². The zero-order valence-electron chi connectivity index (χ0n) is 8.89. The van der Waals surface area contributed by atoms with Gasteiger partial charge in [0.05, 0.1) is 16.7 Å². The molecule has 0 radical (unpaired) electrons. The molecular weight excluding hydrogens is 248 g/mol. The number of aromatic nitrogens is 1. The Morgan fingerprint density at radius 2 is 2.38 bits per heavy atom. The van der Waals surface area contributed by atoms with E-state index in [0.717, 1.165) is 17.5 Å². The fourth-order valence-electron chi connectivity index (χ4n) is 0.839. The number of carboxylic acid groups (broad SMARTS) is 1. The van der Waals surface area contributed by atoms with Crippen molar-refractivity contribution in [3.63, 3.8) is 0 Å². The van der Waals surface area contributed by atoms with Crippen LogP contribution in [0.15, 0.2) is 5.38 Å². The van der Waals surface area contributed by atoms with E-state index in [1.54, 1.807) is 6.92 Å². The molecule has 2 N–H and O–H groups in total. The first-order valence-electron chi connectivity index (χ1n) is 4.55. The van der Waals surface area contributed by atoms with Gasteiger partial charge in [-0.3, -0.25) is 9.59 Å². The summed E-state index contributed by atoms with van der Waals surface area (Å²) in [5, 5.41) is 13.0. The quantitative estimate of drug-likeness (QED) is 0.840. The third-order valence-electron chi connectivity index (χ3n) is 1.68. The van der Waals surface area contributed by atoms with Gasteiger partial charge in [0.25, 0.3) is 0 Å². The summed E-state index contributed by atoms with van der Waals surface area (Å²) in [6.45, 7) is 3.39. The molecule has 7 heteroatoms. The maximum atomic E-state index is 11.4. The van der Waals surface area contributed by atoms with Crippen LogP contribution in [0.2, 0.25) is 0 Å². The van der Waals surface area contributed by atoms with Gasteiger partial charge in [-0.2, -0.15) is 0 Å². The molecule has 1 rings (SSSR count). The second kappa shape index (κ2) is 5.86. The normalized spacial score (nSPS) is 12.1. The monoisotopic (exact) mass is 260 g/mol. The molecule has 0 aliphatic heterocycles. The molecule has 1 unspecified atom stereocenters. The molecule has 88 valence electrons. The fourth-order valence-corrected chi connectivity index (χ4v) is 2.16. The van der Waals surface area contributed by atoms with Crippen LogP contribution in [0.4, 0.5) is 5.13 Å². The summed E-state index contributed by atoms with van der Waals surface area (Å²) in [4.78, 5) is 26.0. The number of anilines is 1. The van der Waals surface area contributed by atoms with Crippen molar-refractivity contribution in [1.29, 1.82) is 0 Å². The van der Waals surface area contributed by atoms with Crippen molar-refractivity contribution in [1.82, 2.24) is 4.98 Å². The van der Waals surface area contributed by atoms with E-state index in [1.165, 1.54) is 11.3 Å². The topological polar surface area (TPSA) is 79.3 Å². The van der Waals surface area contributed by atoms with Crippen molar-refractivity contribution < 1.29 is 14.7 Å². The third kappa shape index (κ3) is 4.19. The SMILES string of the molecule is Cc1csc(NC(=O)CSC(C)C(=O)O)n1. The first kappa shape index (κ1) is 13.0. The van der Waals surface area contributed by atoms with E-state index in [-0.39, 0.29) is 11.7 Å². The zero-order chi connectivity index (χ0) is 12.1. The van der Waals surface area contributed by atoms with Gasteiger partial charge in [-0.1, -0.05) is 0 Å². The number of thiazole rings is 1. The van der Waals surface area contributed by atoms with Crippen LogP contribution in [0.25, 0.3) is 0 Å². The van der Waals surface area contributed by atoms with Crippen LogP contribution in [-0.2, 0) is 9.59 Å². The van der Waals surface area contributed by atoms with E-state index < -0.39 is 11.2 Å². The third-order valence-corrected chi connectivity index (χ3v) is 3.68. The molecule has 0 bridgehead atoms. The minimum atomic E-state index is -0.914. The molecule has 16 heavy (non-hydrogen) atoms. The van der Waals surface area contributed by atoms with Gasteiger partial charge in [-0.05, 0) is 13.8 Å². The summed E-state index contributed by atoms with van der Waals surface area (Å²) in [5.74, 6) is -1.03. The summed E-state index contributed by atoms with van der Waals surface area (Å²) in [6, 6.07) is 0. The average Bonchev–Trinajstić information content (AvgIpc) is 2.60. The smallest absolute Gasteiger partial charge is 0.316 e. The first-order valence-corrected chi connectivity index (χ1v) is 6.48. The molecule has 1 amide bonds. The molecule has 0 aromatic carbocycles. The van der Waals surface area contributed by atoms with Gasteiger partial charge in [0, 0.05) is 5.38 Å². The standard InChI is InChI=1S/C9H12N2O3S2/c1-5-3-16-9(10-5)11-7(12)4-15-6(2)8(13)14/h3,6H,4H2,1-2H3,(H,13,14)(H,10,11,12). The average molecular weight is 260 g/mol. The predicted molar refractivity (Wildman–Crippen MR) is 65.0 cm³/mol. The highest BCUT2D eigenvalue weighted by Crippen LogP contribution is 2.16. The lowest BCUT2D eigenvalue weighted by Gasteiger charge is -2.05. The van der Waals surface area contributed by atoms with Crippen LogP contribution >= 0.6 is 23.1 Å². The number of nitrogens with one attached hydrogen (secondary N) is 1. The Morgan fingerprint density at radius 1 is 1.69 bits per heavy atom. The highest BCUT2D eigenvalue weighted by atomic mass is 32.2. The number of amides is 1. The van der Waals surface area contributed by atoms with Crippen LogP contribution in [0.5, 0.6) is 0 Å². The van der Waals surface area contributed by atoms with Crippen LogP contribution in [0.1, 0.15) is 12.6 Å². The van der Waals surface area contributed by atoms with Gasteiger partial charge < -0.3 is 10.4 Å². The maximum absolute atomic E-state index is 11.4. The summed E-state index contributed by atoms with van der Waals surface area (Å²) in [7, 11) is 0. The fraction of sp³-hybridized carbons (Fsp3) is 0.444. The van der Waals surface area contributed by atoms with E-state index in [0.29, 0.717) is 5.13 Å². The van der Waals surface area contributed by atoms with Crippen molar-refractivity contribution in [2.75, 3.05) is 11.1 Å². The number of carbonyl (C=O) groups is 2. The van der Waals surface area contributed by atoms with E-state index in [4.69, 9.17) is 5.11 Å². The summed E-state index contributed by atoms with van der Waals surface area (Å²) in [6.07, 6.45) is 0. The van der Waals surface area contributed by atoms with E-state index in [1.807, 2.05) is 12.3 Å². The Bertz CT molecular complexity index is 392. The molecule has 1 aromatic rings. The van der Waals surface area contributed by atoms with E-state index in [9.17, 15) is 9.59 Å². The number of hydrogen-bond acceptors (Lipinski definition) is 5. The van der Waals surface area contributed by atoms with Crippen LogP contribution in [0.3, 0.4) is 0 Å². The minimum absolute atomic E-state index is 0.117. The van der Waals surface area contributed by atoms with Crippen LogP contribution in [0, 0.1) is 6.92 Å². The van der Waals surface area contributed by atoms with Gasteiger partial charge in [0.1, 0.15) is 0 Å². The van der Waals surface area contributed by atoms with Crippen LogP contribution < -0.4 is 5.32 Å². The number of aryl methyl sites for hydroxylation is 1. The molecule has 1 heterocycles. The molecule has 1 aromatic heterocycles. The molecule has 0 spiro atoms. The van der Waals surface area contributed by atoms with Crippen molar-refractivity contribution in [3.05, 3.63) is 11.1 Å². The summed E-state index contributed by atoms with van der Waals surface area (Å²) in [5.41, 5.74) is 0.854. The highest BCUT2D eigenvalue weighted by Gasteiger charge is 2.14. The number of carboxylic acids is 1. The van der Waals surface area contributed by atoms with Crippen molar-refractivity contribution in [3.8, 4) is 0 Å². The van der Waals surface area contributed by atoms with Crippen LogP contribution in [-0.4, -0.2) is 33.0 Å². The van der Waals surface area contributed by atoms with Crippen molar-refractivity contribution >= 4 is 40.1 Å². The zero-order valence-corrected chi connectivity index (χ0v) is 10.5. The van der Waals surface area contributed by atoms with Gasteiger partial charge >= 0.3 is 5.97 Å². The molecule has 0 aliphatic carbocycles. The lowest BCUT2D eigenvalue weighted by atomic mass is 10.5. The molecule has 0 aliphatic rings. The first-order chi connectivity index (χ1) is 7.49. The number of nitrogens with zero attached hydrogens (tertiary/aromatic N) is 1. The lowest BCUT2D eigenvalue weighted by Crippen LogP contribution is -2.19. The number of thioether (sulfide) groups is 1. The van der Waals surface area contributed by atoms with Gasteiger partial charge in [-0.15, -0.1) is 23.1 Å². The predicted octanol–water partition coefficient (Wildman–Crippen LogP) is 1.60. The molecule has 0 saturated heterocycles. The molecule has 5 nitrogen and oxygen atoms in total. The Kier molecular flexibility index (Phi) is 4.75. The summed E-state index contributed by atoms with van der Waals surface area (Å²) < 4.78 is 0. The second-order valence-electron chi connectivity index (χ2n) is 3.13. The van der Waals surface area contributed by atoms with Crippen molar-refractivity contribution in [2.24, 2.45) is 0 Å². The molecule has 1 atom stereocenters. The number of aliphatic carboxylic acids is 1. The minimum Gasteiger partial charge on any atom is -0.480 e.